The van der Waals surface area contributed by atoms with Gasteiger partial charge in [0.2, 0.25) is 5.91 Å². The minimum Gasteiger partial charge on any atom is -0.305 e. The van der Waals surface area contributed by atoms with Crippen LogP contribution in [-0.2, 0) is 18.9 Å². The summed E-state index contributed by atoms with van der Waals surface area (Å²) < 4.78 is 3.50. The Kier molecular flexibility index (Phi) is 3.63. The van der Waals surface area contributed by atoms with E-state index in [1.807, 2.05) is 24.9 Å². The summed E-state index contributed by atoms with van der Waals surface area (Å²) in [5.41, 5.74) is 2.94. The number of aryl methyl sites for hydroxylation is 1. The van der Waals surface area contributed by atoms with Crippen molar-refractivity contribution in [3.05, 3.63) is 12.4 Å². The molecule has 2 rings (SSSR count). The summed E-state index contributed by atoms with van der Waals surface area (Å²) in [5, 5.41) is 12.8. The second kappa shape index (κ2) is 5.19. The fraction of sp³-hybridized carbons (Fsp3) is 0.333. The minimum absolute atomic E-state index is 0.204. The molecule has 2 aromatic heterocycles. The summed E-state index contributed by atoms with van der Waals surface area (Å²) in [7, 11) is 3.67. The highest BCUT2D eigenvalue weighted by molar-refractivity contribution is 7.99. The third-order valence-electron chi connectivity index (χ3n) is 2.29. The van der Waals surface area contributed by atoms with Gasteiger partial charge in [-0.3, -0.25) is 14.9 Å². The zero-order chi connectivity index (χ0) is 13.1. The second-order valence-corrected chi connectivity index (χ2v) is 4.57. The van der Waals surface area contributed by atoms with E-state index in [1.54, 1.807) is 10.9 Å². The maximum atomic E-state index is 11.0. The summed E-state index contributed by atoms with van der Waals surface area (Å²) >= 11 is 1.27. The number of aromatic nitrogens is 5. The Bertz CT molecular complexity index is 561. The first-order chi connectivity index (χ1) is 8.61. The third kappa shape index (κ3) is 2.51. The lowest BCUT2D eigenvalue weighted by Crippen LogP contribution is -2.31. The summed E-state index contributed by atoms with van der Waals surface area (Å²) in [5.74, 6) is 5.66. The molecule has 0 bridgehead atoms. The van der Waals surface area contributed by atoms with E-state index in [1.165, 1.54) is 11.8 Å². The van der Waals surface area contributed by atoms with Crippen LogP contribution in [0.1, 0.15) is 0 Å². The van der Waals surface area contributed by atoms with Gasteiger partial charge in [0.15, 0.2) is 11.0 Å². The van der Waals surface area contributed by atoms with Crippen molar-refractivity contribution in [2.24, 2.45) is 19.9 Å². The maximum absolute atomic E-state index is 11.0. The first-order valence-electron chi connectivity index (χ1n) is 5.12. The molecule has 0 aliphatic heterocycles. The van der Waals surface area contributed by atoms with Crippen molar-refractivity contribution in [3.8, 4) is 11.4 Å². The molecule has 0 aromatic carbocycles. The Morgan fingerprint density at radius 3 is 2.89 bits per heavy atom. The first-order valence-corrected chi connectivity index (χ1v) is 6.11. The lowest BCUT2D eigenvalue weighted by atomic mass is 10.3. The lowest BCUT2D eigenvalue weighted by Gasteiger charge is -2.01. The third-order valence-corrected chi connectivity index (χ3v) is 3.31. The van der Waals surface area contributed by atoms with Gasteiger partial charge in [-0.1, -0.05) is 11.8 Å². The van der Waals surface area contributed by atoms with Crippen LogP contribution in [0.3, 0.4) is 0 Å². The molecule has 0 saturated heterocycles. The lowest BCUT2D eigenvalue weighted by molar-refractivity contribution is -0.118. The summed E-state index contributed by atoms with van der Waals surface area (Å²) in [6, 6.07) is 0. The number of nitrogens with two attached hydrogens (primary N) is 1. The monoisotopic (exact) mass is 267 g/mol. The van der Waals surface area contributed by atoms with E-state index in [0.717, 1.165) is 5.56 Å². The normalized spacial score (nSPS) is 10.6. The number of nitrogens with one attached hydrogen (secondary N) is 1. The number of amides is 1. The van der Waals surface area contributed by atoms with Gasteiger partial charge in [0.05, 0.1) is 17.5 Å². The molecule has 1 amide bonds. The fourth-order valence-corrected chi connectivity index (χ4v) is 2.12. The maximum Gasteiger partial charge on any atom is 0.244 e. The van der Waals surface area contributed by atoms with Crippen LogP contribution in [0.5, 0.6) is 0 Å². The molecule has 0 saturated carbocycles. The first kappa shape index (κ1) is 12.6. The molecule has 2 aromatic rings. The topological polar surface area (TPSA) is 104 Å². The molecule has 3 N–H and O–H groups in total. The predicted molar refractivity (Wildman–Crippen MR) is 66.3 cm³/mol. The molecular weight excluding hydrogens is 254 g/mol. The summed E-state index contributed by atoms with van der Waals surface area (Å²) in [6.45, 7) is 0. The van der Waals surface area contributed by atoms with Gasteiger partial charge in [-0.15, -0.1) is 10.2 Å². The van der Waals surface area contributed by atoms with Crippen LogP contribution < -0.4 is 11.3 Å². The predicted octanol–water partition coefficient (Wildman–Crippen LogP) is -0.702. The van der Waals surface area contributed by atoms with E-state index >= 15 is 0 Å². The zero-order valence-corrected chi connectivity index (χ0v) is 10.8. The highest BCUT2D eigenvalue weighted by Crippen LogP contribution is 2.21. The van der Waals surface area contributed by atoms with Crippen LogP contribution in [-0.4, -0.2) is 36.2 Å². The van der Waals surface area contributed by atoms with Crippen molar-refractivity contribution in [1.29, 1.82) is 0 Å². The fourth-order valence-electron chi connectivity index (χ4n) is 1.40. The Hall–Kier alpha value is -1.87. The van der Waals surface area contributed by atoms with Crippen molar-refractivity contribution in [2.75, 3.05) is 5.75 Å². The largest absolute Gasteiger partial charge is 0.305 e. The van der Waals surface area contributed by atoms with Gasteiger partial charge in [-0.25, -0.2) is 5.84 Å². The van der Waals surface area contributed by atoms with Crippen molar-refractivity contribution >= 4 is 17.7 Å². The van der Waals surface area contributed by atoms with Crippen LogP contribution >= 0.6 is 11.8 Å². The van der Waals surface area contributed by atoms with Gasteiger partial charge in [0, 0.05) is 20.3 Å². The number of nitrogens with zero attached hydrogens (tertiary/aromatic N) is 5. The van der Waals surface area contributed by atoms with Gasteiger partial charge in [0.25, 0.3) is 0 Å². The smallest absolute Gasteiger partial charge is 0.244 e. The van der Waals surface area contributed by atoms with Crippen LogP contribution in [0.4, 0.5) is 0 Å². The minimum atomic E-state index is -0.258. The number of carbonyl (C=O) groups is 1. The van der Waals surface area contributed by atoms with Gasteiger partial charge < -0.3 is 4.57 Å². The van der Waals surface area contributed by atoms with Crippen LogP contribution in [0.2, 0.25) is 0 Å². The molecule has 0 aliphatic carbocycles. The SMILES string of the molecule is Cn1cc(-c2nnc(SCC(=O)NN)n2C)cn1. The Labute approximate surface area is 108 Å². The highest BCUT2D eigenvalue weighted by Gasteiger charge is 2.13. The molecule has 0 unspecified atom stereocenters. The Morgan fingerprint density at radius 1 is 1.50 bits per heavy atom. The van der Waals surface area contributed by atoms with Crippen molar-refractivity contribution in [2.45, 2.75) is 5.16 Å². The average molecular weight is 267 g/mol. The number of hydrogen-bond donors (Lipinski definition) is 2. The number of thioether (sulfide) groups is 1. The van der Waals surface area contributed by atoms with Gasteiger partial charge in [-0.2, -0.15) is 5.10 Å². The van der Waals surface area contributed by atoms with Gasteiger partial charge >= 0.3 is 0 Å². The molecule has 96 valence electrons. The van der Waals surface area contributed by atoms with Crippen LogP contribution in [0, 0.1) is 0 Å². The van der Waals surface area contributed by atoms with E-state index in [2.05, 4.69) is 20.7 Å². The summed E-state index contributed by atoms with van der Waals surface area (Å²) in [6.07, 6.45) is 3.57. The Morgan fingerprint density at radius 2 is 2.28 bits per heavy atom. The molecule has 2 heterocycles. The van der Waals surface area contributed by atoms with E-state index in [4.69, 9.17) is 5.84 Å². The zero-order valence-electron chi connectivity index (χ0n) is 9.99. The molecule has 0 atom stereocenters. The molecule has 8 nitrogen and oxygen atoms in total. The molecule has 0 radical (unpaired) electrons. The van der Waals surface area contributed by atoms with Gasteiger partial charge in [-0.05, 0) is 0 Å². The van der Waals surface area contributed by atoms with Crippen LogP contribution in [0.25, 0.3) is 11.4 Å². The standard InChI is InChI=1S/C9H13N7OS/c1-15-4-6(3-11-15)8-13-14-9(16(8)2)18-5-7(17)12-10/h3-4H,5,10H2,1-2H3,(H,12,17). The van der Waals surface area contributed by atoms with Crippen molar-refractivity contribution in [1.82, 2.24) is 30.0 Å². The van der Waals surface area contributed by atoms with E-state index < -0.39 is 0 Å². The molecule has 0 fully saturated rings. The molecule has 0 aliphatic rings. The number of hydrazine groups is 1. The molecule has 0 spiro atoms. The van der Waals surface area contributed by atoms with E-state index in [9.17, 15) is 4.79 Å². The molecule has 18 heavy (non-hydrogen) atoms. The molecular formula is C9H13N7OS. The van der Waals surface area contributed by atoms with E-state index in [0.29, 0.717) is 11.0 Å². The Balaban J connectivity index is 2.16. The van der Waals surface area contributed by atoms with Crippen molar-refractivity contribution in [3.63, 3.8) is 0 Å². The highest BCUT2D eigenvalue weighted by atomic mass is 32.2. The number of rotatable bonds is 4. The average Bonchev–Trinajstić information content (AvgIpc) is 2.93. The van der Waals surface area contributed by atoms with Gasteiger partial charge in [0.1, 0.15) is 0 Å². The number of hydrogen-bond acceptors (Lipinski definition) is 6. The number of carbonyl (C=O) groups excluding carboxylic acids is 1. The second-order valence-electron chi connectivity index (χ2n) is 3.62. The quantitative estimate of drug-likeness (QED) is 0.328. The molecule has 9 heteroatoms. The van der Waals surface area contributed by atoms with Crippen molar-refractivity contribution < 1.29 is 4.79 Å². The summed E-state index contributed by atoms with van der Waals surface area (Å²) in [4.78, 5) is 11.0. The van der Waals surface area contributed by atoms with E-state index in [-0.39, 0.29) is 11.7 Å². The van der Waals surface area contributed by atoms with Crippen LogP contribution in [0.15, 0.2) is 17.6 Å².